The maximum absolute atomic E-state index is 9.10. The predicted molar refractivity (Wildman–Crippen MR) is 83.3 cm³/mol. The van der Waals surface area contributed by atoms with Crippen LogP contribution in [0.25, 0.3) is 0 Å². The first-order chi connectivity index (χ1) is 10.3. The summed E-state index contributed by atoms with van der Waals surface area (Å²) in [6, 6.07) is 8.24. The summed E-state index contributed by atoms with van der Waals surface area (Å²) in [7, 11) is 0. The van der Waals surface area contributed by atoms with E-state index in [0.29, 0.717) is 12.6 Å². The van der Waals surface area contributed by atoms with Crippen LogP contribution >= 0.6 is 11.6 Å². The topological polar surface area (TPSA) is 50.1 Å². The molecule has 0 spiro atoms. The number of nitrogens with zero attached hydrogens (tertiary/aromatic N) is 2. The lowest BCUT2D eigenvalue weighted by Gasteiger charge is -2.24. The van der Waals surface area contributed by atoms with E-state index in [0.717, 1.165) is 36.4 Å². The van der Waals surface area contributed by atoms with Gasteiger partial charge in [0, 0.05) is 28.9 Å². The van der Waals surface area contributed by atoms with Crippen LogP contribution in [-0.4, -0.2) is 21.5 Å². The minimum Gasteiger partial charge on any atom is -0.394 e. The maximum atomic E-state index is 9.10. The molecule has 1 aliphatic rings. The Morgan fingerprint density at radius 3 is 3.05 bits per heavy atom. The van der Waals surface area contributed by atoms with Gasteiger partial charge in [-0.1, -0.05) is 29.8 Å². The highest BCUT2D eigenvalue weighted by Crippen LogP contribution is 2.30. The van der Waals surface area contributed by atoms with Gasteiger partial charge in [0.2, 0.25) is 0 Å². The molecule has 1 unspecified atom stereocenters. The zero-order valence-corrected chi connectivity index (χ0v) is 12.7. The first-order valence-electron chi connectivity index (χ1n) is 7.42. The second kappa shape index (κ2) is 6.60. The maximum Gasteiger partial charge on any atom is 0.0644 e. The fraction of sp³-hybridized carbons (Fsp3) is 0.438. The van der Waals surface area contributed by atoms with E-state index in [-0.39, 0.29) is 6.61 Å². The van der Waals surface area contributed by atoms with Gasteiger partial charge in [0.25, 0.3) is 0 Å². The minimum atomic E-state index is 0.131. The van der Waals surface area contributed by atoms with E-state index < -0.39 is 0 Å². The van der Waals surface area contributed by atoms with Crippen molar-refractivity contribution in [2.75, 3.05) is 6.61 Å². The number of halogens is 1. The molecule has 2 N–H and O–H groups in total. The van der Waals surface area contributed by atoms with Crippen LogP contribution in [-0.2, 0) is 19.5 Å². The zero-order chi connectivity index (χ0) is 14.7. The summed E-state index contributed by atoms with van der Waals surface area (Å²) in [5.41, 5.74) is 3.64. The summed E-state index contributed by atoms with van der Waals surface area (Å²) < 4.78 is 1.93. The van der Waals surface area contributed by atoms with Crippen LogP contribution in [0.5, 0.6) is 0 Å². The summed E-state index contributed by atoms with van der Waals surface area (Å²) >= 11 is 6.20. The Bertz CT molecular complexity index is 611. The predicted octanol–water partition coefficient (Wildman–Crippen LogP) is 2.70. The van der Waals surface area contributed by atoms with Gasteiger partial charge >= 0.3 is 0 Å². The van der Waals surface area contributed by atoms with Crippen LogP contribution in [0.3, 0.4) is 0 Å². The number of nitrogens with one attached hydrogen (secondary N) is 1. The van der Waals surface area contributed by atoms with Gasteiger partial charge in [-0.25, -0.2) is 0 Å². The Balaban J connectivity index is 1.72. The Labute approximate surface area is 129 Å². The highest BCUT2D eigenvalue weighted by atomic mass is 35.5. The lowest BCUT2D eigenvalue weighted by atomic mass is 9.93. The standard InChI is InChI=1S/C16H20ClN3O/c17-14-5-2-1-4-12(14)10-18-15-6-3-7-16-13(15)11-19-20(16)8-9-21/h1-2,4-5,11,15,18,21H,3,6-10H2. The molecular formula is C16H20ClN3O. The summed E-state index contributed by atoms with van der Waals surface area (Å²) in [5, 5.41) is 17.9. The molecule has 1 aliphatic carbocycles. The van der Waals surface area contributed by atoms with Crippen LogP contribution in [0.1, 0.15) is 35.7 Å². The van der Waals surface area contributed by atoms with E-state index in [4.69, 9.17) is 16.7 Å². The molecule has 0 bridgehead atoms. The van der Waals surface area contributed by atoms with Crippen LogP contribution in [0.4, 0.5) is 0 Å². The summed E-state index contributed by atoms with van der Waals surface area (Å²) in [5.74, 6) is 0. The summed E-state index contributed by atoms with van der Waals surface area (Å²) in [6.07, 6.45) is 5.24. The van der Waals surface area contributed by atoms with E-state index in [1.54, 1.807) is 0 Å². The molecule has 0 aliphatic heterocycles. The van der Waals surface area contributed by atoms with Gasteiger partial charge in [0.05, 0.1) is 19.3 Å². The first kappa shape index (κ1) is 14.6. The van der Waals surface area contributed by atoms with Gasteiger partial charge < -0.3 is 10.4 Å². The van der Waals surface area contributed by atoms with Crippen molar-refractivity contribution in [1.29, 1.82) is 0 Å². The van der Waals surface area contributed by atoms with Gasteiger partial charge in [-0.05, 0) is 30.9 Å². The molecule has 0 fully saturated rings. The molecule has 3 rings (SSSR count). The Hall–Kier alpha value is -1.36. The number of hydrogen-bond donors (Lipinski definition) is 2. The van der Waals surface area contributed by atoms with Gasteiger partial charge in [-0.15, -0.1) is 0 Å². The molecule has 0 radical (unpaired) electrons. The molecule has 21 heavy (non-hydrogen) atoms. The highest BCUT2D eigenvalue weighted by molar-refractivity contribution is 6.31. The van der Waals surface area contributed by atoms with E-state index >= 15 is 0 Å². The van der Waals surface area contributed by atoms with Gasteiger partial charge in [0.1, 0.15) is 0 Å². The van der Waals surface area contributed by atoms with Crippen molar-refractivity contribution in [2.45, 2.75) is 38.4 Å². The van der Waals surface area contributed by atoms with Crippen molar-refractivity contribution in [3.63, 3.8) is 0 Å². The normalized spacial score (nSPS) is 17.7. The first-order valence-corrected chi connectivity index (χ1v) is 7.79. The molecule has 1 aromatic carbocycles. The number of benzene rings is 1. The van der Waals surface area contributed by atoms with Crippen LogP contribution in [0, 0.1) is 0 Å². The van der Waals surface area contributed by atoms with Crippen molar-refractivity contribution in [2.24, 2.45) is 0 Å². The lowest BCUT2D eigenvalue weighted by Crippen LogP contribution is -2.25. The average molecular weight is 306 g/mol. The molecule has 5 heteroatoms. The van der Waals surface area contributed by atoms with Crippen molar-refractivity contribution >= 4 is 11.6 Å². The Morgan fingerprint density at radius 1 is 1.38 bits per heavy atom. The van der Waals surface area contributed by atoms with E-state index in [2.05, 4.69) is 10.4 Å². The highest BCUT2D eigenvalue weighted by Gasteiger charge is 2.23. The SMILES string of the molecule is OCCn1ncc2c1CCCC2NCc1ccccc1Cl. The van der Waals surface area contributed by atoms with Crippen molar-refractivity contribution < 1.29 is 5.11 Å². The average Bonchev–Trinajstić information content (AvgIpc) is 2.91. The van der Waals surface area contributed by atoms with E-state index in [1.165, 1.54) is 11.3 Å². The largest absolute Gasteiger partial charge is 0.394 e. The number of fused-ring (bicyclic) bond motifs is 1. The number of aliphatic hydroxyl groups excluding tert-OH is 1. The molecule has 0 saturated heterocycles. The monoisotopic (exact) mass is 305 g/mol. The zero-order valence-electron chi connectivity index (χ0n) is 11.9. The van der Waals surface area contributed by atoms with Crippen LogP contribution in [0.2, 0.25) is 5.02 Å². The third-order valence-corrected chi connectivity index (χ3v) is 4.44. The third kappa shape index (κ3) is 3.12. The number of rotatable bonds is 5. The molecule has 4 nitrogen and oxygen atoms in total. The van der Waals surface area contributed by atoms with Gasteiger partial charge in [0.15, 0.2) is 0 Å². The minimum absolute atomic E-state index is 0.131. The van der Waals surface area contributed by atoms with Crippen LogP contribution in [0.15, 0.2) is 30.5 Å². The molecular weight excluding hydrogens is 286 g/mol. The Morgan fingerprint density at radius 2 is 2.24 bits per heavy atom. The molecule has 1 atom stereocenters. The second-order valence-corrected chi connectivity index (χ2v) is 5.82. The fourth-order valence-electron chi connectivity index (χ4n) is 2.99. The lowest BCUT2D eigenvalue weighted by molar-refractivity contribution is 0.266. The second-order valence-electron chi connectivity index (χ2n) is 5.41. The molecule has 1 aromatic heterocycles. The Kier molecular flexibility index (Phi) is 4.58. The van der Waals surface area contributed by atoms with Crippen molar-refractivity contribution in [3.05, 3.63) is 52.3 Å². The molecule has 112 valence electrons. The van der Waals surface area contributed by atoms with Crippen LogP contribution < -0.4 is 5.32 Å². The number of hydrogen-bond acceptors (Lipinski definition) is 3. The van der Waals surface area contributed by atoms with Gasteiger partial charge in [-0.2, -0.15) is 5.10 Å². The summed E-state index contributed by atoms with van der Waals surface area (Å²) in [6.45, 7) is 1.47. The fourth-order valence-corrected chi connectivity index (χ4v) is 3.20. The molecule has 0 amide bonds. The third-order valence-electron chi connectivity index (χ3n) is 4.07. The molecule has 1 heterocycles. The quantitative estimate of drug-likeness (QED) is 0.893. The van der Waals surface area contributed by atoms with E-state index in [9.17, 15) is 0 Å². The smallest absolute Gasteiger partial charge is 0.0644 e. The molecule has 0 saturated carbocycles. The van der Waals surface area contributed by atoms with Crippen molar-refractivity contribution in [3.8, 4) is 0 Å². The molecule has 2 aromatic rings. The number of aromatic nitrogens is 2. The van der Waals surface area contributed by atoms with E-state index in [1.807, 2.05) is 35.1 Å². The number of aliphatic hydroxyl groups is 1. The van der Waals surface area contributed by atoms with Gasteiger partial charge in [-0.3, -0.25) is 4.68 Å². The van der Waals surface area contributed by atoms with Crippen molar-refractivity contribution in [1.82, 2.24) is 15.1 Å². The summed E-state index contributed by atoms with van der Waals surface area (Å²) in [4.78, 5) is 0.